The molecule has 0 amide bonds. The van der Waals surface area contributed by atoms with Crippen LogP contribution in [0, 0.1) is 19.8 Å². The van der Waals surface area contributed by atoms with Crippen molar-refractivity contribution in [2.24, 2.45) is 5.92 Å². The van der Waals surface area contributed by atoms with Gasteiger partial charge in [0.05, 0.1) is 40.7 Å². The molecule has 4 heterocycles. The predicted molar refractivity (Wildman–Crippen MR) is 173 cm³/mol. The van der Waals surface area contributed by atoms with Crippen LogP contribution in [-0.4, -0.2) is 48.0 Å². The van der Waals surface area contributed by atoms with E-state index in [1.165, 1.54) is 44.2 Å². The van der Waals surface area contributed by atoms with Crippen molar-refractivity contribution < 1.29 is 51.5 Å². The van der Waals surface area contributed by atoms with Gasteiger partial charge >= 0.3 is 35.7 Å². The molecule has 48 heavy (non-hydrogen) atoms. The third-order valence-electron chi connectivity index (χ3n) is 8.93. The Morgan fingerprint density at radius 1 is 1.10 bits per heavy atom. The monoisotopic (exact) mass is 686 g/mol. The molecule has 3 aromatic heterocycles. The smallest absolute Gasteiger partial charge is 0.389 e. The zero-order valence-corrected chi connectivity index (χ0v) is 30.6. The average molecular weight is 687 g/mol. The van der Waals surface area contributed by atoms with Crippen LogP contribution in [0.1, 0.15) is 119 Å². The molecule has 2 N–H and O–H groups in total. The Bertz CT molecular complexity index is 1450. The van der Waals surface area contributed by atoms with Gasteiger partial charge in [-0.2, -0.15) is 23.4 Å². The number of piperidine rings is 1. The number of aryl methyl sites for hydroxylation is 1. The van der Waals surface area contributed by atoms with Crippen molar-refractivity contribution in [2.75, 3.05) is 6.54 Å². The van der Waals surface area contributed by atoms with Crippen LogP contribution in [0.15, 0.2) is 37.3 Å². The standard InChI is InChI=1S/C26H34F2N7.C6H11N.C2H3F3.Na/c1-4-34-22(12-15-29-34)17(2)30-24(20-10-13-26(27,28)14-11-20)21-16-35-25(31-21)32-23(18(3)33-35)19-8-6-5-7-9-19;1-6-4-2-3-5-7-6;1-2(3,4)5;/h12,15-16,19-20,24,30H,1-2,4-11,13-14H2,3H3;7H,1-5H2;1H3;/q-1;;;+1. The minimum Gasteiger partial charge on any atom is -0.389 e. The van der Waals surface area contributed by atoms with Crippen LogP contribution < -0.4 is 40.2 Å². The summed E-state index contributed by atoms with van der Waals surface area (Å²) >= 11 is 0. The van der Waals surface area contributed by atoms with Crippen LogP contribution in [0.5, 0.6) is 0 Å². The van der Waals surface area contributed by atoms with Crippen molar-refractivity contribution >= 4 is 11.5 Å². The maximum absolute atomic E-state index is 14.0. The second-order valence-electron chi connectivity index (χ2n) is 12.8. The van der Waals surface area contributed by atoms with Gasteiger partial charge in [0.15, 0.2) is 0 Å². The van der Waals surface area contributed by atoms with E-state index in [4.69, 9.17) is 15.1 Å². The number of allylic oxidation sites excluding steroid dienone is 1. The van der Waals surface area contributed by atoms with Gasteiger partial charge in [-0.25, -0.2) is 23.3 Å². The van der Waals surface area contributed by atoms with Crippen LogP contribution in [0.25, 0.3) is 11.5 Å². The largest absolute Gasteiger partial charge is 1.00 e. The Morgan fingerprint density at radius 3 is 2.33 bits per heavy atom. The molecular formula is C34H48F5N8Na. The number of imidazole rings is 1. The number of fused-ring (bicyclic) bond motifs is 1. The summed E-state index contributed by atoms with van der Waals surface area (Å²) in [5.74, 6) is -1.61. The number of halogens is 5. The Morgan fingerprint density at radius 2 is 1.77 bits per heavy atom. The fraction of sp³-hybridized carbons (Fsp3) is 0.618. The summed E-state index contributed by atoms with van der Waals surface area (Å²) in [7, 11) is 0. The maximum Gasteiger partial charge on any atom is 1.00 e. The molecule has 0 aromatic carbocycles. The van der Waals surface area contributed by atoms with Gasteiger partial charge in [-0.1, -0.05) is 39.0 Å². The third kappa shape index (κ3) is 11.8. The number of nitrogens with one attached hydrogen (secondary N) is 2. The second-order valence-corrected chi connectivity index (χ2v) is 12.8. The van der Waals surface area contributed by atoms with Crippen molar-refractivity contribution in [3.05, 3.63) is 67.0 Å². The molecule has 0 spiro atoms. The summed E-state index contributed by atoms with van der Waals surface area (Å²) in [5.41, 5.74) is 5.43. The molecule has 3 aliphatic rings. The topological polar surface area (TPSA) is 85.0 Å². The quantitative estimate of drug-likeness (QED) is 0.195. The molecule has 1 saturated heterocycles. The molecule has 2 aliphatic carbocycles. The van der Waals surface area contributed by atoms with E-state index in [9.17, 15) is 22.0 Å². The van der Waals surface area contributed by atoms with Crippen molar-refractivity contribution in [2.45, 2.75) is 122 Å². The van der Waals surface area contributed by atoms with E-state index in [-0.39, 0.29) is 61.3 Å². The van der Waals surface area contributed by atoms with Crippen LogP contribution in [-0.2, 0) is 6.54 Å². The predicted octanol–water partition coefficient (Wildman–Crippen LogP) is 5.48. The number of alkyl halides is 5. The number of aromatic nitrogens is 6. The molecule has 6 rings (SSSR count). The number of hydrogen-bond donors (Lipinski definition) is 2. The first-order chi connectivity index (χ1) is 22.2. The van der Waals surface area contributed by atoms with Gasteiger partial charge in [0, 0.05) is 44.1 Å². The van der Waals surface area contributed by atoms with Gasteiger partial charge in [0.2, 0.25) is 5.92 Å². The number of hydrogen-bond acceptors (Lipinski definition) is 6. The van der Waals surface area contributed by atoms with E-state index in [1.54, 1.807) is 15.4 Å². The van der Waals surface area contributed by atoms with Gasteiger partial charge in [-0.15, -0.1) is 0 Å². The van der Waals surface area contributed by atoms with Gasteiger partial charge < -0.3 is 17.6 Å². The summed E-state index contributed by atoms with van der Waals surface area (Å²) in [4.78, 5) is 9.78. The minimum absolute atomic E-state index is 0. The minimum atomic E-state index is -4.00. The van der Waals surface area contributed by atoms with E-state index in [0.29, 0.717) is 36.8 Å². The molecule has 2 saturated carbocycles. The van der Waals surface area contributed by atoms with Crippen LogP contribution in [0.4, 0.5) is 22.0 Å². The summed E-state index contributed by atoms with van der Waals surface area (Å²) < 4.78 is 62.5. The summed E-state index contributed by atoms with van der Waals surface area (Å²) in [6.45, 7) is 15.7. The zero-order chi connectivity index (χ0) is 34.2. The number of rotatable bonds is 7. The first-order valence-electron chi connectivity index (χ1n) is 16.6. The summed E-state index contributed by atoms with van der Waals surface area (Å²) in [6, 6.07) is 1.59. The summed E-state index contributed by atoms with van der Waals surface area (Å²) in [6.07, 6.45) is 10.0. The molecule has 0 bridgehead atoms. The van der Waals surface area contributed by atoms with Crippen LogP contribution in [0.2, 0.25) is 0 Å². The normalized spacial score (nSPS) is 19.1. The SMILES string of the molecule is C=C(NC(c1cn2nc(C)c(C3CCCCC3)nc2n1)C1CCC(F)(F)CC1)c1ccnn1C[CH2-].C=C1CCCCN1.CC(F)(F)F.[Na+]. The summed E-state index contributed by atoms with van der Waals surface area (Å²) in [5, 5.41) is 15.7. The zero-order valence-electron chi connectivity index (χ0n) is 28.6. The van der Waals surface area contributed by atoms with Crippen molar-refractivity contribution in [1.29, 1.82) is 0 Å². The van der Waals surface area contributed by atoms with Gasteiger partial charge in [-0.05, 0) is 63.9 Å². The molecule has 0 radical (unpaired) electrons. The molecule has 1 unspecified atom stereocenters. The average Bonchev–Trinajstić information content (AvgIpc) is 3.67. The first-order valence-corrected chi connectivity index (χ1v) is 16.6. The Balaban J connectivity index is 0.000000408. The number of nitrogens with zero attached hydrogens (tertiary/aromatic N) is 6. The molecule has 3 aromatic rings. The Hall–Kier alpha value is -2.51. The van der Waals surface area contributed by atoms with E-state index in [0.717, 1.165) is 42.2 Å². The molecule has 14 heteroatoms. The Labute approximate surface area is 302 Å². The molecule has 260 valence electrons. The molecular weight excluding hydrogens is 638 g/mol. The fourth-order valence-corrected chi connectivity index (χ4v) is 6.52. The van der Waals surface area contributed by atoms with E-state index in [1.807, 2.05) is 19.2 Å². The van der Waals surface area contributed by atoms with Crippen LogP contribution >= 0.6 is 0 Å². The third-order valence-corrected chi connectivity index (χ3v) is 8.93. The Kier molecular flexibility index (Phi) is 14.9. The molecule has 8 nitrogen and oxygen atoms in total. The van der Waals surface area contributed by atoms with Crippen LogP contribution in [0.3, 0.4) is 0 Å². The molecule has 3 fully saturated rings. The van der Waals surface area contributed by atoms with Crippen molar-refractivity contribution in [3.63, 3.8) is 0 Å². The molecule has 1 aliphatic heterocycles. The van der Waals surface area contributed by atoms with Gasteiger partial charge in [-0.3, -0.25) is 4.68 Å². The van der Waals surface area contributed by atoms with E-state index in [2.05, 4.69) is 35.8 Å². The van der Waals surface area contributed by atoms with Crippen molar-refractivity contribution in [1.82, 2.24) is 40.0 Å². The first kappa shape index (κ1) is 39.9. The van der Waals surface area contributed by atoms with E-state index >= 15 is 0 Å². The fourth-order valence-electron chi connectivity index (χ4n) is 6.52. The maximum atomic E-state index is 14.0. The second kappa shape index (κ2) is 17.9. The van der Waals surface area contributed by atoms with E-state index < -0.39 is 12.1 Å². The molecule has 1 atom stereocenters. The van der Waals surface area contributed by atoms with Gasteiger partial charge in [0.25, 0.3) is 5.78 Å². The van der Waals surface area contributed by atoms with Crippen molar-refractivity contribution in [3.8, 4) is 0 Å². The van der Waals surface area contributed by atoms with Gasteiger partial charge in [0.1, 0.15) is 0 Å².